The molecule has 0 aromatic heterocycles. The van der Waals surface area contributed by atoms with Gasteiger partial charge in [0.25, 0.3) is 0 Å². The fourth-order valence-electron chi connectivity index (χ4n) is 2.63. The summed E-state index contributed by atoms with van der Waals surface area (Å²) in [5.41, 5.74) is 0.403. The van der Waals surface area contributed by atoms with Crippen LogP contribution < -0.4 is 0 Å². The third kappa shape index (κ3) is 2.10. The van der Waals surface area contributed by atoms with Gasteiger partial charge in [-0.3, -0.25) is 4.90 Å². The van der Waals surface area contributed by atoms with Gasteiger partial charge in [0.2, 0.25) is 0 Å². The molecule has 2 fully saturated rings. The van der Waals surface area contributed by atoms with Crippen molar-refractivity contribution >= 4 is 0 Å². The van der Waals surface area contributed by atoms with Crippen molar-refractivity contribution < 1.29 is 9.84 Å². The molecule has 3 heteroatoms. The largest absolute Gasteiger partial charge is 0.389 e. The average Bonchev–Trinajstić information content (AvgIpc) is 2.49. The van der Waals surface area contributed by atoms with Gasteiger partial charge in [-0.2, -0.15) is 0 Å². The van der Waals surface area contributed by atoms with E-state index in [2.05, 4.69) is 18.7 Å². The molecule has 2 aliphatic heterocycles. The molecule has 3 nitrogen and oxygen atoms in total. The maximum atomic E-state index is 9.74. The molecule has 2 saturated heterocycles. The van der Waals surface area contributed by atoms with Gasteiger partial charge in [-0.05, 0) is 24.8 Å². The lowest BCUT2D eigenvalue weighted by molar-refractivity contribution is 0.0304. The van der Waals surface area contributed by atoms with E-state index in [0.717, 1.165) is 13.1 Å². The summed E-state index contributed by atoms with van der Waals surface area (Å²) in [6, 6.07) is 0.245. The number of hydrogen-bond donors (Lipinski definition) is 1. The molecule has 2 unspecified atom stereocenters. The normalized spacial score (nSPS) is 38.8. The Kier molecular flexibility index (Phi) is 2.82. The molecule has 2 rings (SSSR count). The topological polar surface area (TPSA) is 32.7 Å². The first-order valence-corrected chi connectivity index (χ1v) is 5.58. The Morgan fingerprint density at radius 3 is 2.71 bits per heavy atom. The van der Waals surface area contributed by atoms with Crippen LogP contribution in [0.15, 0.2) is 0 Å². The number of aliphatic hydroxyl groups excluding tert-OH is 1. The molecule has 82 valence electrons. The number of aliphatic hydroxyl groups is 1. The summed E-state index contributed by atoms with van der Waals surface area (Å²) < 4.78 is 5.30. The smallest absolute Gasteiger partial charge is 0.0950 e. The minimum absolute atomic E-state index is 0.245. The zero-order valence-electron chi connectivity index (χ0n) is 9.20. The molecule has 0 bridgehead atoms. The number of ether oxygens (including phenoxy) is 1. The number of piperidine rings is 1. The van der Waals surface area contributed by atoms with E-state index in [0.29, 0.717) is 18.6 Å². The molecule has 0 amide bonds. The highest BCUT2D eigenvalue weighted by Gasteiger charge is 2.36. The first-order chi connectivity index (χ1) is 6.58. The Balaban J connectivity index is 1.97. The quantitative estimate of drug-likeness (QED) is 0.680. The Hall–Kier alpha value is -0.120. The maximum absolute atomic E-state index is 9.74. The Morgan fingerprint density at radius 1 is 1.36 bits per heavy atom. The number of rotatable bonds is 1. The van der Waals surface area contributed by atoms with E-state index in [1.54, 1.807) is 0 Å². The molecular formula is C11H21NO2. The highest BCUT2D eigenvalue weighted by Crippen LogP contribution is 2.30. The summed E-state index contributed by atoms with van der Waals surface area (Å²) in [5, 5.41) is 9.74. The Morgan fingerprint density at radius 2 is 2.14 bits per heavy atom. The summed E-state index contributed by atoms with van der Waals surface area (Å²) in [5.74, 6) is 0. The second-order valence-corrected chi connectivity index (χ2v) is 5.41. The lowest BCUT2D eigenvalue weighted by atomic mass is 9.83. The van der Waals surface area contributed by atoms with Crippen LogP contribution in [0.2, 0.25) is 0 Å². The van der Waals surface area contributed by atoms with Gasteiger partial charge in [-0.15, -0.1) is 0 Å². The van der Waals surface area contributed by atoms with Crippen molar-refractivity contribution in [3.8, 4) is 0 Å². The molecule has 1 N–H and O–H groups in total. The molecule has 0 aliphatic carbocycles. The van der Waals surface area contributed by atoms with Crippen molar-refractivity contribution in [2.45, 2.75) is 38.8 Å². The monoisotopic (exact) mass is 199 g/mol. The SMILES string of the molecule is CC1(C)CCCN(C2COCC2O)C1. The van der Waals surface area contributed by atoms with Crippen molar-refractivity contribution in [2.24, 2.45) is 5.41 Å². The van der Waals surface area contributed by atoms with Crippen molar-refractivity contribution in [2.75, 3.05) is 26.3 Å². The van der Waals surface area contributed by atoms with Crippen LogP contribution in [-0.4, -0.2) is 48.5 Å². The van der Waals surface area contributed by atoms with E-state index in [4.69, 9.17) is 4.74 Å². The molecule has 0 aromatic rings. The fraction of sp³-hybridized carbons (Fsp3) is 1.00. The lowest BCUT2D eigenvalue weighted by Crippen LogP contribution is -2.50. The predicted molar refractivity (Wildman–Crippen MR) is 55.2 cm³/mol. The van der Waals surface area contributed by atoms with E-state index < -0.39 is 0 Å². The number of hydrogen-bond acceptors (Lipinski definition) is 3. The Bertz CT molecular complexity index is 205. The number of likely N-dealkylation sites (tertiary alicyclic amines) is 1. The first-order valence-electron chi connectivity index (χ1n) is 5.58. The van der Waals surface area contributed by atoms with Crippen molar-refractivity contribution in [1.29, 1.82) is 0 Å². The second kappa shape index (κ2) is 3.80. The summed E-state index contributed by atoms with van der Waals surface area (Å²) in [4.78, 5) is 2.40. The molecule has 0 radical (unpaired) electrons. The van der Waals surface area contributed by atoms with Gasteiger partial charge >= 0.3 is 0 Å². The van der Waals surface area contributed by atoms with E-state index in [1.165, 1.54) is 12.8 Å². The van der Waals surface area contributed by atoms with Gasteiger partial charge in [0.15, 0.2) is 0 Å². The zero-order valence-corrected chi connectivity index (χ0v) is 9.20. The molecule has 2 aliphatic rings. The van der Waals surface area contributed by atoms with Gasteiger partial charge in [0.1, 0.15) is 0 Å². The van der Waals surface area contributed by atoms with Gasteiger partial charge in [-0.1, -0.05) is 13.8 Å². The summed E-state index contributed by atoms with van der Waals surface area (Å²) in [7, 11) is 0. The van der Waals surface area contributed by atoms with Crippen molar-refractivity contribution in [3.05, 3.63) is 0 Å². The van der Waals surface area contributed by atoms with Crippen LogP contribution >= 0.6 is 0 Å². The third-order valence-electron chi connectivity index (χ3n) is 3.42. The van der Waals surface area contributed by atoms with E-state index in [9.17, 15) is 5.11 Å². The van der Waals surface area contributed by atoms with E-state index in [1.807, 2.05) is 0 Å². The van der Waals surface area contributed by atoms with Crippen LogP contribution in [0.5, 0.6) is 0 Å². The molecule has 2 atom stereocenters. The van der Waals surface area contributed by atoms with Crippen LogP contribution in [0.1, 0.15) is 26.7 Å². The maximum Gasteiger partial charge on any atom is 0.0950 e. The summed E-state index contributed by atoms with van der Waals surface area (Å²) >= 11 is 0. The minimum Gasteiger partial charge on any atom is -0.389 e. The Labute approximate surface area is 86.0 Å². The van der Waals surface area contributed by atoms with Gasteiger partial charge < -0.3 is 9.84 Å². The molecule has 14 heavy (non-hydrogen) atoms. The van der Waals surface area contributed by atoms with E-state index >= 15 is 0 Å². The number of nitrogens with zero attached hydrogens (tertiary/aromatic N) is 1. The standard InChI is InChI=1S/C11H21NO2/c1-11(2)4-3-5-12(8-11)9-6-14-7-10(9)13/h9-10,13H,3-8H2,1-2H3. The first kappa shape index (κ1) is 10.4. The van der Waals surface area contributed by atoms with Crippen molar-refractivity contribution in [1.82, 2.24) is 4.90 Å². The van der Waals surface area contributed by atoms with Gasteiger partial charge in [0, 0.05) is 6.54 Å². The fourth-order valence-corrected chi connectivity index (χ4v) is 2.63. The molecule has 0 saturated carbocycles. The zero-order chi connectivity index (χ0) is 10.2. The van der Waals surface area contributed by atoms with Crippen LogP contribution in [-0.2, 0) is 4.74 Å². The average molecular weight is 199 g/mol. The second-order valence-electron chi connectivity index (χ2n) is 5.41. The lowest BCUT2D eigenvalue weighted by Gasteiger charge is -2.41. The van der Waals surface area contributed by atoms with Crippen LogP contribution in [0.25, 0.3) is 0 Å². The van der Waals surface area contributed by atoms with Crippen LogP contribution in [0.3, 0.4) is 0 Å². The van der Waals surface area contributed by atoms with Crippen LogP contribution in [0.4, 0.5) is 0 Å². The van der Waals surface area contributed by atoms with Crippen LogP contribution in [0, 0.1) is 5.41 Å². The summed E-state index contributed by atoms with van der Waals surface area (Å²) in [6.07, 6.45) is 2.27. The molecular weight excluding hydrogens is 178 g/mol. The van der Waals surface area contributed by atoms with Crippen molar-refractivity contribution in [3.63, 3.8) is 0 Å². The van der Waals surface area contributed by atoms with E-state index in [-0.39, 0.29) is 12.1 Å². The summed E-state index contributed by atoms with van der Waals surface area (Å²) in [6.45, 7) is 8.05. The van der Waals surface area contributed by atoms with Gasteiger partial charge in [-0.25, -0.2) is 0 Å². The molecule has 0 spiro atoms. The van der Waals surface area contributed by atoms with Gasteiger partial charge in [0.05, 0.1) is 25.4 Å². The molecule has 2 heterocycles. The third-order valence-corrected chi connectivity index (χ3v) is 3.42. The highest BCUT2D eigenvalue weighted by atomic mass is 16.5. The predicted octanol–water partition coefficient (Wildman–Crippen LogP) is 0.868. The molecule has 0 aromatic carbocycles. The minimum atomic E-state index is -0.274. The highest BCUT2D eigenvalue weighted by molar-refractivity contribution is 4.89.